The third-order valence-corrected chi connectivity index (χ3v) is 2.35. The molecule has 0 radical (unpaired) electrons. The molecular formula is C13H9F2NO. The van der Waals surface area contributed by atoms with Crippen LogP contribution >= 0.6 is 0 Å². The molecule has 0 amide bonds. The van der Waals surface area contributed by atoms with Crippen molar-refractivity contribution in [2.24, 2.45) is 0 Å². The second kappa shape index (κ2) is 4.41. The van der Waals surface area contributed by atoms with Crippen molar-refractivity contribution in [1.29, 1.82) is 0 Å². The van der Waals surface area contributed by atoms with Gasteiger partial charge in [0, 0.05) is 17.5 Å². The summed E-state index contributed by atoms with van der Waals surface area (Å²) in [7, 11) is 0. The van der Waals surface area contributed by atoms with Crippen LogP contribution in [-0.4, -0.2) is 10.8 Å². The summed E-state index contributed by atoms with van der Waals surface area (Å²) < 4.78 is 26.3. The highest BCUT2D eigenvalue weighted by atomic mass is 19.1. The first-order valence-electron chi connectivity index (χ1n) is 5.00. The molecule has 2 rings (SSSR count). The van der Waals surface area contributed by atoms with Crippen LogP contribution in [0.15, 0.2) is 36.5 Å². The summed E-state index contributed by atoms with van der Waals surface area (Å²) >= 11 is 0. The molecule has 0 bridgehead atoms. The van der Waals surface area contributed by atoms with Gasteiger partial charge in [-0.15, -0.1) is 0 Å². The average molecular weight is 233 g/mol. The molecular weight excluding hydrogens is 224 g/mol. The standard InChI is InChI=1S/C13H9F2NO/c1-8-2-3-9(7-16-8)13(17)11-6-10(14)4-5-12(11)15/h2-7H,1H3. The molecule has 17 heavy (non-hydrogen) atoms. The fraction of sp³-hybridized carbons (Fsp3) is 0.0769. The zero-order valence-corrected chi connectivity index (χ0v) is 9.08. The van der Waals surface area contributed by atoms with Gasteiger partial charge in [-0.2, -0.15) is 0 Å². The maximum Gasteiger partial charge on any atom is 0.197 e. The minimum absolute atomic E-state index is 0.236. The zero-order valence-electron chi connectivity index (χ0n) is 9.08. The Labute approximate surface area is 96.9 Å². The quantitative estimate of drug-likeness (QED) is 0.746. The molecule has 0 unspecified atom stereocenters. The fourth-order valence-corrected chi connectivity index (χ4v) is 1.43. The lowest BCUT2D eigenvalue weighted by atomic mass is 10.0. The molecule has 0 saturated heterocycles. The van der Waals surface area contributed by atoms with Gasteiger partial charge in [-0.3, -0.25) is 9.78 Å². The molecule has 0 aliphatic rings. The van der Waals surface area contributed by atoms with Gasteiger partial charge < -0.3 is 0 Å². The van der Waals surface area contributed by atoms with E-state index in [0.29, 0.717) is 0 Å². The van der Waals surface area contributed by atoms with Crippen LogP contribution in [-0.2, 0) is 0 Å². The second-order valence-electron chi connectivity index (χ2n) is 3.64. The first-order chi connectivity index (χ1) is 8.08. The highest BCUT2D eigenvalue weighted by molar-refractivity contribution is 6.08. The third kappa shape index (κ3) is 2.36. The minimum Gasteiger partial charge on any atom is -0.288 e. The van der Waals surface area contributed by atoms with E-state index in [-0.39, 0.29) is 11.1 Å². The van der Waals surface area contributed by atoms with Gasteiger partial charge in [0.25, 0.3) is 0 Å². The lowest BCUT2D eigenvalue weighted by Crippen LogP contribution is -2.05. The number of aryl methyl sites for hydroxylation is 1. The number of nitrogens with zero attached hydrogens (tertiary/aromatic N) is 1. The summed E-state index contributed by atoms with van der Waals surface area (Å²) in [6.45, 7) is 1.77. The Balaban J connectivity index is 2.43. The zero-order chi connectivity index (χ0) is 12.4. The van der Waals surface area contributed by atoms with Crippen LogP contribution in [0.5, 0.6) is 0 Å². The molecule has 0 N–H and O–H groups in total. The van der Waals surface area contributed by atoms with Crippen molar-refractivity contribution in [1.82, 2.24) is 4.98 Å². The molecule has 0 atom stereocenters. The molecule has 4 heteroatoms. The Bertz CT molecular complexity index is 564. The summed E-state index contributed by atoms with van der Waals surface area (Å²) in [5.41, 5.74) is 0.706. The molecule has 1 aromatic heterocycles. The second-order valence-corrected chi connectivity index (χ2v) is 3.64. The van der Waals surface area contributed by atoms with Crippen LogP contribution in [0, 0.1) is 18.6 Å². The van der Waals surface area contributed by atoms with E-state index in [2.05, 4.69) is 4.98 Å². The van der Waals surface area contributed by atoms with Crippen molar-refractivity contribution in [2.75, 3.05) is 0 Å². The van der Waals surface area contributed by atoms with Crippen LogP contribution < -0.4 is 0 Å². The van der Waals surface area contributed by atoms with E-state index < -0.39 is 17.4 Å². The van der Waals surface area contributed by atoms with E-state index in [0.717, 1.165) is 23.9 Å². The first kappa shape index (κ1) is 11.4. The fourth-order valence-electron chi connectivity index (χ4n) is 1.43. The van der Waals surface area contributed by atoms with Crippen LogP contribution in [0.1, 0.15) is 21.6 Å². The van der Waals surface area contributed by atoms with E-state index in [1.165, 1.54) is 12.3 Å². The number of ketones is 1. The van der Waals surface area contributed by atoms with Gasteiger partial charge in [-0.1, -0.05) is 0 Å². The molecule has 2 aromatic rings. The molecule has 86 valence electrons. The summed E-state index contributed by atoms with van der Waals surface area (Å²) in [6, 6.07) is 5.97. The maximum absolute atomic E-state index is 13.4. The average Bonchev–Trinajstić information content (AvgIpc) is 2.32. The molecule has 2 nitrogen and oxygen atoms in total. The largest absolute Gasteiger partial charge is 0.288 e. The SMILES string of the molecule is Cc1ccc(C(=O)c2cc(F)ccc2F)cn1. The van der Waals surface area contributed by atoms with E-state index >= 15 is 0 Å². The number of benzene rings is 1. The molecule has 0 fully saturated rings. The molecule has 0 aliphatic carbocycles. The minimum atomic E-state index is -0.739. The predicted molar refractivity (Wildman–Crippen MR) is 58.8 cm³/mol. The Kier molecular flexibility index (Phi) is 2.95. The van der Waals surface area contributed by atoms with Crippen molar-refractivity contribution in [2.45, 2.75) is 6.92 Å². The van der Waals surface area contributed by atoms with E-state index in [1.807, 2.05) is 0 Å². The highest BCUT2D eigenvalue weighted by Crippen LogP contribution is 2.14. The topological polar surface area (TPSA) is 30.0 Å². The monoisotopic (exact) mass is 233 g/mol. The molecule has 0 spiro atoms. The lowest BCUT2D eigenvalue weighted by Gasteiger charge is -2.03. The Morgan fingerprint density at radius 1 is 1.18 bits per heavy atom. The van der Waals surface area contributed by atoms with E-state index in [9.17, 15) is 13.6 Å². The van der Waals surface area contributed by atoms with Crippen molar-refractivity contribution in [3.63, 3.8) is 0 Å². The smallest absolute Gasteiger partial charge is 0.197 e. The van der Waals surface area contributed by atoms with Crippen molar-refractivity contribution < 1.29 is 13.6 Å². The van der Waals surface area contributed by atoms with Crippen molar-refractivity contribution >= 4 is 5.78 Å². The molecule has 1 aromatic carbocycles. The summed E-state index contributed by atoms with van der Waals surface area (Å²) in [4.78, 5) is 15.8. The summed E-state index contributed by atoms with van der Waals surface area (Å²) in [5, 5.41) is 0. The third-order valence-electron chi connectivity index (χ3n) is 2.35. The maximum atomic E-state index is 13.4. The molecule has 0 saturated carbocycles. The molecule has 0 aliphatic heterocycles. The Morgan fingerprint density at radius 2 is 1.94 bits per heavy atom. The van der Waals surface area contributed by atoms with Crippen LogP contribution in [0.2, 0.25) is 0 Å². The van der Waals surface area contributed by atoms with Crippen molar-refractivity contribution in [3.8, 4) is 0 Å². The van der Waals surface area contributed by atoms with Gasteiger partial charge in [0.2, 0.25) is 0 Å². The number of rotatable bonds is 2. The highest BCUT2D eigenvalue weighted by Gasteiger charge is 2.14. The van der Waals surface area contributed by atoms with Gasteiger partial charge in [-0.25, -0.2) is 8.78 Å². The van der Waals surface area contributed by atoms with E-state index in [1.54, 1.807) is 13.0 Å². The Morgan fingerprint density at radius 3 is 2.59 bits per heavy atom. The summed E-state index contributed by atoms with van der Waals surface area (Å²) in [6.07, 6.45) is 1.35. The van der Waals surface area contributed by atoms with Crippen LogP contribution in [0.4, 0.5) is 8.78 Å². The van der Waals surface area contributed by atoms with Crippen molar-refractivity contribution in [3.05, 3.63) is 65.0 Å². The number of pyridine rings is 1. The number of halogens is 2. The normalized spacial score (nSPS) is 10.3. The number of hydrogen-bond acceptors (Lipinski definition) is 2. The Hall–Kier alpha value is -2.10. The van der Waals surface area contributed by atoms with Crippen LogP contribution in [0.3, 0.4) is 0 Å². The molecule has 1 heterocycles. The van der Waals surface area contributed by atoms with Gasteiger partial charge in [0.15, 0.2) is 5.78 Å². The lowest BCUT2D eigenvalue weighted by molar-refractivity contribution is 0.103. The number of carbonyl (C=O) groups is 1. The number of carbonyl (C=O) groups excluding carboxylic acids is 1. The van der Waals surface area contributed by atoms with E-state index in [4.69, 9.17) is 0 Å². The van der Waals surface area contributed by atoms with Gasteiger partial charge in [-0.05, 0) is 37.3 Å². The number of aromatic nitrogens is 1. The number of hydrogen-bond donors (Lipinski definition) is 0. The van der Waals surface area contributed by atoms with Crippen LogP contribution in [0.25, 0.3) is 0 Å². The first-order valence-corrected chi connectivity index (χ1v) is 5.00. The van der Waals surface area contributed by atoms with Gasteiger partial charge >= 0.3 is 0 Å². The van der Waals surface area contributed by atoms with Gasteiger partial charge in [0.1, 0.15) is 11.6 Å². The van der Waals surface area contributed by atoms with Gasteiger partial charge in [0.05, 0.1) is 5.56 Å². The predicted octanol–water partition coefficient (Wildman–Crippen LogP) is 2.90. The summed E-state index contributed by atoms with van der Waals surface area (Å²) in [5.74, 6) is -1.96.